The average molecular weight is 269 g/mol. The third kappa shape index (κ3) is 1.74. The molecular weight excluding hydrogens is 260 g/mol. The number of hydrazine groups is 1. The smallest absolute Gasteiger partial charge is 0.258 e. The number of nitrogens with one attached hydrogen (secondary N) is 1. The summed E-state index contributed by atoms with van der Waals surface area (Å²) < 4.78 is 0.863. The van der Waals surface area contributed by atoms with E-state index < -0.39 is 5.92 Å². The Bertz CT molecular complexity index is 433. The van der Waals surface area contributed by atoms with E-state index in [0.717, 1.165) is 4.47 Å². The number of rotatable bonds is 1. The van der Waals surface area contributed by atoms with Gasteiger partial charge in [-0.2, -0.15) is 0 Å². The Morgan fingerprint density at radius 2 is 2.13 bits per heavy atom. The Balaban J connectivity index is 2.33. The number of benzene rings is 1. The fourth-order valence-electron chi connectivity index (χ4n) is 1.37. The van der Waals surface area contributed by atoms with Crippen molar-refractivity contribution in [2.45, 2.75) is 6.92 Å². The maximum atomic E-state index is 11.7. The van der Waals surface area contributed by atoms with Gasteiger partial charge < -0.3 is 0 Å². The number of hydrogen-bond donors (Lipinski definition) is 1. The highest BCUT2D eigenvalue weighted by Gasteiger charge is 2.36. The van der Waals surface area contributed by atoms with E-state index in [2.05, 4.69) is 21.4 Å². The predicted octanol–water partition coefficient (Wildman–Crippen LogP) is 1.46. The Hall–Kier alpha value is -1.36. The van der Waals surface area contributed by atoms with Crippen molar-refractivity contribution in [3.05, 3.63) is 28.7 Å². The molecule has 0 radical (unpaired) electrons. The quantitative estimate of drug-likeness (QED) is 0.785. The summed E-state index contributed by atoms with van der Waals surface area (Å²) in [5.74, 6) is -1.10. The highest BCUT2D eigenvalue weighted by molar-refractivity contribution is 9.10. The molecule has 0 aliphatic carbocycles. The lowest BCUT2D eigenvalue weighted by atomic mass is 10.2. The predicted molar refractivity (Wildman–Crippen MR) is 58.9 cm³/mol. The minimum absolute atomic E-state index is 0.224. The fraction of sp³-hybridized carbons (Fsp3) is 0.200. The summed E-state index contributed by atoms with van der Waals surface area (Å²) in [6.07, 6.45) is 0. The first-order valence-electron chi connectivity index (χ1n) is 4.49. The van der Waals surface area contributed by atoms with Crippen LogP contribution in [0.4, 0.5) is 5.69 Å². The monoisotopic (exact) mass is 268 g/mol. The summed E-state index contributed by atoms with van der Waals surface area (Å²) in [5.41, 5.74) is 3.18. The first-order chi connectivity index (χ1) is 7.09. The first kappa shape index (κ1) is 10.2. The zero-order chi connectivity index (χ0) is 11.0. The zero-order valence-electron chi connectivity index (χ0n) is 8.03. The molecule has 0 spiro atoms. The summed E-state index contributed by atoms with van der Waals surface area (Å²) in [4.78, 5) is 22.9. The van der Waals surface area contributed by atoms with Crippen LogP contribution < -0.4 is 10.4 Å². The van der Waals surface area contributed by atoms with Crippen LogP contribution in [0, 0.1) is 5.92 Å². The van der Waals surface area contributed by atoms with Crippen LogP contribution in [0.3, 0.4) is 0 Å². The molecule has 1 fully saturated rings. The van der Waals surface area contributed by atoms with Gasteiger partial charge in [0.25, 0.3) is 11.8 Å². The lowest BCUT2D eigenvalue weighted by molar-refractivity contribution is -0.126. The molecule has 4 nitrogen and oxygen atoms in total. The summed E-state index contributed by atoms with van der Waals surface area (Å²) in [6.45, 7) is 1.59. The summed E-state index contributed by atoms with van der Waals surface area (Å²) in [6, 6.07) is 7.20. The average Bonchev–Trinajstić information content (AvgIpc) is 2.46. The molecule has 2 rings (SSSR count). The van der Waals surface area contributed by atoms with Gasteiger partial charge in [-0.1, -0.05) is 22.0 Å². The largest absolute Gasteiger partial charge is 0.272 e. The van der Waals surface area contributed by atoms with Gasteiger partial charge in [0, 0.05) is 4.47 Å². The minimum atomic E-state index is -0.607. The maximum absolute atomic E-state index is 11.7. The molecule has 1 N–H and O–H groups in total. The van der Waals surface area contributed by atoms with Crippen LogP contribution in [0.2, 0.25) is 0 Å². The normalized spacial score (nSPS) is 20.7. The van der Waals surface area contributed by atoms with Crippen LogP contribution in [0.15, 0.2) is 28.7 Å². The number of carbonyl (C=O) groups is 2. The van der Waals surface area contributed by atoms with Crippen molar-refractivity contribution in [3.63, 3.8) is 0 Å². The maximum Gasteiger partial charge on any atom is 0.258 e. The van der Waals surface area contributed by atoms with Gasteiger partial charge in [0.2, 0.25) is 0 Å². The molecule has 15 heavy (non-hydrogen) atoms. The summed E-state index contributed by atoms with van der Waals surface area (Å²) in [5, 5.41) is 1.28. The zero-order valence-corrected chi connectivity index (χ0v) is 9.61. The second-order valence-electron chi connectivity index (χ2n) is 3.35. The van der Waals surface area contributed by atoms with E-state index in [0.29, 0.717) is 5.69 Å². The van der Waals surface area contributed by atoms with Gasteiger partial charge in [-0.15, -0.1) is 0 Å². The van der Waals surface area contributed by atoms with E-state index in [1.54, 1.807) is 19.1 Å². The first-order valence-corrected chi connectivity index (χ1v) is 5.29. The highest BCUT2D eigenvalue weighted by atomic mass is 79.9. The van der Waals surface area contributed by atoms with Crippen LogP contribution in [-0.4, -0.2) is 11.8 Å². The minimum Gasteiger partial charge on any atom is -0.272 e. The van der Waals surface area contributed by atoms with E-state index in [1.165, 1.54) is 5.01 Å². The summed E-state index contributed by atoms with van der Waals surface area (Å²) >= 11 is 3.31. The molecule has 1 heterocycles. The molecule has 5 heteroatoms. The highest BCUT2D eigenvalue weighted by Crippen LogP contribution is 2.22. The number of nitrogens with zero attached hydrogens (tertiary/aromatic N) is 1. The van der Waals surface area contributed by atoms with Crippen LogP contribution in [-0.2, 0) is 9.59 Å². The van der Waals surface area contributed by atoms with E-state index in [-0.39, 0.29) is 11.8 Å². The van der Waals surface area contributed by atoms with E-state index in [1.807, 2.05) is 12.1 Å². The molecule has 0 bridgehead atoms. The van der Waals surface area contributed by atoms with Gasteiger partial charge >= 0.3 is 0 Å². The second kappa shape index (κ2) is 3.66. The van der Waals surface area contributed by atoms with Crippen molar-refractivity contribution in [1.29, 1.82) is 0 Å². The lowest BCUT2D eigenvalue weighted by Crippen LogP contribution is -2.35. The standard InChI is InChI=1S/C10H9BrN2O2/c1-6-9(14)12-13(10(6)15)8-4-2-3-7(11)5-8/h2-6H,1H3,(H,12,14). The van der Waals surface area contributed by atoms with Gasteiger partial charge in [0.1, 0.15) is 5.92 Å². The molecule has 2 amide bonds. The third-order valence-corrected chi connectivity index (χ3v) is 2.77. The second-order valence-corrected chi connectivity index (χ2v) is 4.27. The van der Waals surface area contributed by atoms with Gasteiger partial charge in [0.05, 0.1) is 5.69 Å². The number of hydrogen-bond acceptors (Lipinski definition) is 2. The van der Waals surface area contributed by atoms with Crippen LogP contribution in [0.1, 0.15) is 6.92 Å². The van der Waals surface area contributed by atoms with Gasteiger partial charge in [-0.3, -0.25) is 15.0 Å². The van der Waals surface area contributed by atoms with Crippen LogP contribution in [0.25, 0.3) is 0 Å². The number of anilines is 1. The van der Waals surface area contributed by atoms with Crippen LogP contribution >= 0.6 is 15.9 Å². The fourth-order valence-corrected chi connectivity index (χ4v) is 1.76. The molecule has 1 saturated heterocycles. The number of carbonyl (C=O) groups excluding carboxylic acids is 2. The molecule has 1 aliphatic rings. The van der Waals surface area contributed by atoms with Crippen molar-refractivity contribution in [3.8, 4) is 0 Å². The topological polar surface area (TPSA) is 49.4 Å². The van der Waals surface area contributed by atoms with Crippen molar-refractivity contribution in [2.24, 2.45) is 5.92 Å². The molecule has 0 saturated carbocycles. The van der Waals surface area contributed by atoms with Crippen LogP contribution in [0.5, 0.6) is 0 Å². The van der Waals surface area contributed by atoms with E-state index >= 15 is 0 Å². The SMILES string of the molecule is CC1C(=O)NN(c2cccc(Br)c2)C1=O. The Kier molecular flexibility index (Phi) is 2.48. The molecule has 1 unspecified atom stereocenters. The van der Waals surface area contributed by atoms with E-state index in [4.69, 9.17) is 0 Å². The third-order valence-electron chi connectivity index (χ3n) is 2.27. The van der Waals surface area contributed by atoms with Crippen molar-refractivity contribution >= 4 is 33.4 Å². The van der Waals surface area contributed by atoms with E-state index in [9.17, 15) is 9.59 Å². The van der Waals surface area contributed by atoms with Crippen molar-refractivity contribution in [2.75, 3.05) is 5.01 Å². The van der Waals surface area contributed by atoms with Crippen molar-refractivity contribution in [1.82, 2.24) is 5.43 Å². The molecule has 1 aromatic rings. The number of halogens is 1. The summed E-state index contributed by atoms with van der Waals surface area (Å²) in [7, 11) is 0. The Morgan fingerprint density at radius 3 is 2.67 bits per heavy atom. The van der Waals surface area contributed by atoms with Gasteiger partial charge in [-0.25, -0.2) is 5.01 Å². The Labute approximate surface area is 95.4 Å². The molecule has 78 valence electrons. The molecule has 1 aliphatic heterocycles. The number of amides is 2. The molecule has 0 aromatic heterocycles. The molecule has 1 aromatic carbocycles. The Morgan fingerprint density at radius 1 is 1.40 bits per heavy atom. The molecular formula is C10H9BrN2O2. The van der Waals surface area contributed by atoms with Crippen molar-refractivity contribution < 1.29 is 9.59 Å². The lowest BCUT2D eigenvalue weighted by Gasteiger charge is -2.15. The molecule has 1 atom stereocenters. The van der Waals surface area contributed by atoms with Gasteiger partial charge in [-0.05, 0) is 25.1 Å². The van der Waals surface area contributed by atoms with Gasteiger partial charge in [0.15, 0.2) is 0 Å².